The Balaban J connectivity index is 2.49. The molecular formula is C7H9N3O3. The molecule has 2 rings (SSSR count). The van der Waals surface area contributed by atoms with Crippen molar-refractivity contribution in [2.24, 2.45) is 0 Å². The summed E-state index contributed by atoms with van der Waals surface area (Å²) in [5.74, 6) is -1.58. The first-order valence-electron chi connectivity index (χ1n) is 3.93. The molecule has 0 amide bonds. The van der Waals surface area contributed by atoms with Crippen LogP contribution in [0.15, 0.2) is 4.79 Å². The lowest BCUT2D eigenvalue weighted by Gasteiger charge is -2.18. The van der Waals surface area contributed by atoms with Crippen LogP contribution in [0.1, 0.15) is 17.2 Å². The molecule has 1 aliphatic heterocycles. The summed E-state index contributed by atoms with van der Waals surface area (Å²) >= 11 is 0. The van der Waals surface area contributed by atoms with Crippen molar-refractivity contribution in [1.82, 2.24) is 15.5 Å². The van der Waals surface area contributed by atoms with Crippen LogP contribution < -0.4 is 10.9 Å². The lowest BCUT2D eigenvalue weighted by molar-refractivity contribution is -0.138. The van der Waals surface area contributed by atoms with Gasteiger partial charge in [0.2, 0.25) is 0 Å². The normalized spacial score (nSPS) is 21.1. The van der Waals surface area contributed by atoms with Crippen molar-refractivity contribution in [2.45, 2.75) is 12.5 Å². The van der Waals surface area contributed by atoms with Gasteiger partial charge in [-0.3, -0.25) is 14.7 Å². The van der Waals surface area contributed by atoms with Crippen LogP contribution in [0.25, 0.3) is 0 Å². The number of aromatic amines is 2. The van der Waals surface area contributed by atoms with Crippen LogP contribution in [0.5, 0.6) is 0 Å². The lowest BCUT2D eigenvalue weighted by Crippen LogP contribution is -2.34. The van der Waals surface area contributed by atoms with E-state index in [0.29, 0.717) is 24.3 Å². The summed E-state index contributed by atoms with van der Waals surface area (Å²) in [6.45, 7) is 0.786. The molecule has 1 aromatic rings. The lowest BCUT2D eigenvalue weighted by atomic mass is 9.98. The van der Waals surface area contributed by atoms with Crippen LogP contribution >= 0.6 is 0 Å². The van der Waals surface area contributed by atoms with E-state index >= 15 is 0 Å². The van der Waals surface area contributed by atoms with Crippen molar-refractivity contribution in [3.8, 4) is 0 Å². The molecule has 0 fully saturated rings. The van der Waals surface area contributed by atoms with Gasteiger partial charge in [0.1, 0.15) is 5.92 Å². The highest BCUT2D eigenvalue weighted by molar-refractivity contribution is 5.76. The number of nitrogens with one attached hydrogen (secondary N) is 3. The van der Waals surface area contributed by atoms with Crippen LogP contribution in [0, 0.1) is 0 Å². The van der Waals surface area contributed by atoms with Crippen molar-refractivity contribution in [1.29, 1.82) is 0 Å². The zero-order valence-corrected chi connectivity index (χ0v) is 6.76. The molecule has 2 heterocycles. The Morgan fingerprint density at radius 1 is 1.46 bits per heavy atom. The number of H-pyrrole nitrogens is 2. The van der Waals surface area contributed by atoms with E-state index in [9.17, 15) is 9.59 Å². The second-order valence-corrected chi connectivity index (χ2v) is 2.99. The Kier molecular flexibility index (Phi) is 1.70. The molecule has 4 N–H and O–H groups in total. The highest BCUT2D eigenvalue weighted by Gasteiger charge is 2.29. The molecule has 0 saturated heterocycles. The molecule has 0 aliphatic carbocycles. The maximum absolute atomic E-state index is 11.1. The van der Waals surface area contributed by atoms with E-state index in [1.54, 1.807) is 0 Å². The van der Waals surface area contributed by atoms with Crippen LogP contribution in [0.2, 0.25) is 0 Å². The molecule has 1 atom stereocenters. The second-order valence-electron chi connectivity index (χ2n) is 2.99. The van der Waals surface area contributed by atoms with Crippen molar-refractivity contribution >= 4 is 5.97 Å². The third-order valence-electron chi connectivity index (χ3n) is 2.21. The standard InChI is InChI=1S/C7H9N3O3/c11-6-3-1-8-2-4(7(12)13)5(3)9-10-6/h4,8H,1-2H2,(H,12,13)(H2,9,10,11). The fourth-order valence-electron chi connectivity index (χ4n) is 1.52. The molecule has 0 saturated carbocycles. The molecule has 0 radical (unpaired) electrons. The largest absolute Gasteiger partial charge is 0.481 e. The summed E-state index contributed by atoms with van der Waals surface area (Å²) in [7, 11) is 0. The van der Waals surface area contributed by atoms with Crippen molar-refractivity contribution in [3.63, 3.8) is 0 Å². The molecule has 70 valence electrons. The third kappa shape index (κ3) is 1.15. The predicted octanol–water partition coefficient (Wildman–Crippen LogP) is -1.03. The van der Waals surface area contributed by atoms with Crippen LogP contribution in [0.4, 0.5) is 0 Å². The van der Waals surface area contributed by atoms with Crippen molar-refractivity contribution < 1.29 is 9.90 Å². The molecule has 0 bridgehead atoms. The Labute approximate surface area is 72.9 Å². The molecule has 0 aromatic carbocycles. The maximum atomic E-state index is 11.1. The summed E-state index contributed by atoms with van der Waals surface area (Å²) in [6, 6.07) is 0. The Morgan fingerprint density at radius 3 is 2.92 bits per heavy atom. The summed E-state index contributed by atoms with van der Waals surface area (Å²) in [6.07, 6.45) is 0. The van der Waals surface area contributed by atoms with Gasteiger partial charge in [-0.1, -0.05) is 0 Å². The molecule has 1 unspecified atom stereocenters. The molecule has 13 heavy (non-hydrogen) atoms. The number of carbonyl (C=O) groups is 1. The first-order valence-corrected chi connectivity index (χ1v) is 3.93. The SMILES string of the molecule is O=C(O)C1CNCc2c1[nH][nH]c2=O. The fourth-order valence-corrected chi connectivity index (χ4v) is 1.52. The van der Waals surface area contributed by atoms with Gasteiger partial charge in [-0.25, -0.2) is 0 Å². The third-order valence-corrected chi connectivity index (χ3v) is 2.21. The van der Waals surface area contributed by atoms with Gasteiger partial charge in [-0.05, 0) is 0 Å². The van der Waals surface area contributed by atoms with Crippen LogP contribution in [-0.2, 0) is 11.3 Å². The van der Waals surface area contributed by atoms with E-state index in [-0.39, 0.29) is 5.56 Å². The number of aromatic nitrogens is 2. The van der Waals surface area contributed by atoms with Crippen LogP contribution in [-0.4, -0.2) is 27.8 Å². The predicted molar refractivity (Wildman–Crippen MR) is 43.5 cm³/mol. The van der Waals surface area contributed by atoms with Crippen molar-refractivity contribution in [2.75, 3.05) is 6.54 Å². The van der Waals surface area contributed by atoms with Gasteiger partial charge < -0.3 is 15.5 Å². The summed E-state index contributed by atoms with van der Waals surface area (Å²) in [4.78, 5) is 21.9. The fraction of sp³-hybridized carbons (Fsp3) is 0.429. The number of aliphatic carboxylic acids is 1. The summed E-state index contributed by atoms with van der Waals surface area (Å²) < 4.78 is 0. The average Bonchev–Trinajstić information content (AvgIpc) is 2.48. The molecule has 6 nitrogen and oxygen atoms in total. The van der Waals surface area contributed by atoms with E-state index in [1.807, 2.05) is 0 Å². The van der Waals surface area contributed by atoms with Crippen molar-refractivity contribution in [3.05, 3.63) is 21.6 Å². The molecular weight excluding hydrogens is 174 g/mol. The second kappa shape index (κ2) is 2.74. The smallest absolute Gasteiger partial charge is 0.313 e. The topological polar surface area (TPSA) is 98.0 Å². The highest BCUT2D eigenvalue weighted by Crippen LogP contribution is 2.18. The molecule has 0 spiro atoms. The quantitative estimate of drug-likeness (QED) is 0.447. The maximum Gasteiger partial charge on any atom is 0.313 e. The Morgan fingerprint density at radius 2 is 2.23 bits per heavy atom. The van der Waals surface area contributed by atoms with E-state index in [1.165, 1.54) is 0 Å². The van der Waals surface area contributed by atoms with Gasteiger partial charge in [0.25, 0.3) is 5.56 Å². The molecule has 1 aromatic heterocycles. The Hall–Kier alpha value is -1.56. The van der Waals surface area contributed by atoms with E-state index in [4.69, 9.17) is 5.11 Å². The Bertz CT molecular complexity index is 392. The van der Waals surface area contributed by atoms with Crippen LogP contribution in [0.3, 0.4) is 0 Å². The van der Waals surface area contributed by atoms with Gasteiger partial charge in [-0.15, -0.1) is 0 Å². The number of hydrogen-bond acceptors (Lipinski definition) is 3. The van der Waals surface area contributed by atoms with Gasteiger partial charge >= 0.3 is 5.97 Å². The van der Waals surface area contributed by atoms with Gasteiger partial charge in [0.15, 0.2) is 0 Å². The minimum absolute atomic E-state index is 0.242. The molecule has 6 heteroatoms. The first-order chi connectivity index (χ1) is 6.20. The summed E-state index contributed by atoms with van der Waals surface area (Å²) in [5.41, 5.74) is 0.753. The number of rotatable bonds is 1. The number of carboxylic acid groups (broad SMARTS) is 1. The number of hydrogen-bond donors (Lipinski definition) is 4. The highest BCUT2D eigenvalue weighted by atomic mass is 16.4. The minimum Gasteiger partial charge on any atom is -0.481 e. The van der Waals surface area contributed by atoms with E-state index in [2.05, 4.69) is 15.5 Å². The average molecular weight is 183 g/mol. The van der Waals surface area contributed by atoms with E-state index in [0.717, 1.165) is 0 Å². The molecule has 1 aliphatic rings. The number of carboxylic acids is 1. The summed E-state index contributed by atoms with van der Waals surface area (Å²) in [5, 5.41) is 16.7. The number of fused-ring (bicyclic) bond motifs is 1. The zero-order chi connectivity index (χ0) is 9.42. The van der Waals surface area contributed by atoms with Gasteiger partial charge in [0, 0.05) is 13.1 Å². The van der Waals surface area contributed by atoms with E-state index < -0.39 is 11.9 Å². The monoisotopic (exact) mass is 183 g/mol. The van der Waals surface area contributed by atoms with Gasteiger partial charge in [0.05, 0.1) is 11.3 Å². The first kappa shape index (κ1) is 8.06. The van der Waals surface area contributed by atoms with Gasteiger partial charge in [-0.2, -0.15) is 0 Å². The zero-order valence-electron chi connectivity index (χ0n) is 6.76. The minimum atomic E-state index is -0.927.